The van der Waals surface area contributed by atoms with Crippen LogP contribution in [0.4, 0.5) is 4.79 Å². The maximum absolute atomic E-state index is 11.5. The highest BCUT2D eigenvalue weighted by atomic mass is 16.7. The first kappa shape index (κ1) is 15.5. The van der Waals surface area contributed by atoms with E-state index in [0.29, 0.717) is 23.2 Å². The lowest BCUT2D eigenvalue weighted by atomic mass is 10.1. The number of ether oxygens (including phenoxy) is 2. The van der Waals surface area contributed by atoms with Crippen LogP contribution < -0.4 is 0 Å². The van der Waals surface area contributed by atoms with E-state index in [2.05, 4.69) is 0 Å². The van der Waals surface area contributed by atoms with Crippen molar-refractivity contribution in [3.63, 3.8) is 0 Å². The Morgan fingerprint density at radius 2 is 2.09 bits per heavy atom. The van der Waals surface area contributed by atoms with Crippen LogP contribution in [0.5, 0.6) is 0 Å². The smallest absolute Gasteiger partial charge is 0.416 e. The zero-order valence-corrected chi connectivity index (χ0v) is 12.4. The van der Waals surface area contributed by atoms with Crippen molar-refractivity contribution in [3.8, 4) is 0 Å². The van der Waals surface area contributed by atoms with Crippen molar-refractivity contribution in [3.05, 3.63) is 35.5 Å². The van der Waals surface area contributed by atoms with Gasteiger partial charge in [-0.15, -0.1) is 0 Å². The molecule has 1 aliphatic heterocycles. The summed E-state index contributed by atoms with van der Waals surface area (Å²) in [4.78, 5) is 22.6. The number of carboxylic acid groups (broad SMARTS) is 2. The van der Waals surface area contributed by atoms with Gasteiger partial charge in [0.2, 0.25) is 0 Å². The van der Waals surface area contributed by atoms with E-state index in [1.54, 1.807) is 6.07 Å². The lowest BCUT2D eigenvalue weighted by molar-refractivity contribution is -0.169. The number of hydrogen-bond acceptors (Lipinski definition) is 4. The molecule has 0 radical (unpaired) electrons. The van der Waals surface area contributed by atoms with Gasteiger partial charge in [-0.2, -0.15) is 0 Å². The summed E-state index contributed by atoms with van der Waals surface area (Å²) >= 11 is 0. The van der Waals surface area contributed by atoms with Crippen LogP contribution >= 0.6 is 0 Å². The van der Waals surface area contributed by atoms with Crippen molar-refractivity contribution in [1.82, 2.24) is 4.57 Å². The van der Waals surface area contributed by atoms with Crippen molar-refractivity contribution in [1.29, 1.82) is 0 Å². The van der Waals surface area contributed by atoms with Gasteiger partial charge < -0.3 is 19.7 Å². The quantitative estimate of drug-likeness (QED) is 0.899. The van der Waals surface area contributed by atoms with E-state index in [0.717, 1.165) is 23.8 Å². The lowest BCUT2D eigenvalue weighted by Gasteiger charge is -2.22. The van der Waals surface area contributed by atoms with Gasteiger partial charge >= 0.3 is 12.1 Å². The van der Waals surface area contributed by atoms with Crippen molar-refractivity contribution >= 4 is 23.0 Å². The summed E-state index contributed by atoms with van der Waals surface area (Å²) in [5.41, 5.74) is 0.998. The third-order valence-corrected chi connectivity index (χ3v) is 3.87. The fraction of sp³-hybridized carbons (Fsp3) is 0.375. The molecule has 0 bridgehead atoms. The Morgan fingerprint density at radius 1 is 1.26 bits per heavy atom. The zero-order valence-electron chi connectivity index (χ0n) is 12.4. The topological polar surface area (TPSA) is 98.0 Å². The van der Waals surface area contributed by atoms with Gasteiger partial charge in [0.05, 0.1) is 23.4 Å². The molecular weight excluding hydrogens is 302 g/mol. The molecule has 0 saturated carbocycles. The predicted molar refractivity (Wildman–Crippen MR) is 80.7 cm³/mol. The average Bonchev–Trinajstić information content (AvgIpc) is 2.91. The fourth-order valence-corrected chi connectivity index (χ4v) is 2.76. The van der Waals surface area contributed by atoms with Gasteiger partial charge in [0.15, 0.2) is 6.29 Å². The van der Waals surface area contributed by atoms with Gasteiger partial charge in [0.25, 0.3) is 0 Å². The zero-order chi connectivity index (χ0) is 16.4. The lowest BCUT2D eigenvalue weighted by Crippen LogP contribution is -2.23. The number of fused-ring (bicyclic) bond motifs is 1. The van der Waals surface area contributed by atoms with E-state index < -0.39 is 12.1 Å². The van der Waals surface area contributed by atoms with Crippen LogP contribution in [0.1, 0.15) is 35.3 Å². The van der Waals surface area contributed by atoms with E-state index in [1.165, 1.54) is 18.2 Å². The van der Waals surface area contributed by atoms with Crippen molar-refractivity contribution < 1.29 is 29.3 Å². The minimum atomic E-state index is -1.13. The summed E-state index contributed by atoms with van der Waals surface area (Å²) in [5.74, 6) is -1.05. The Labute approximate surface area is 132 Å². The van der Waals surface area contributed by atoms with Crippen molar-refractivity contribution in [2.75, 3.05) is 6.61 Å². The van der Waals surface area contributed by atoms with E-state index in [1.807, 2.05) is 0 Å². The Kier molecular flexibility index (Phi) is 4.31. The molecule has 3 rings (SSSR count). The van der Waals surface area contributed by atoms with Crippen LogP contribution in [-0.2, 0) is 16.1 Å². The Morgan fingerprint density at radius 3 is 2.74 bits per heavy atom. The predicted octanol–water partition coefficient (Wildman–Crippen LogP) is 2.91. The second kappa shape index (κ2) is 6.39. The molecule has 1 fully saturated rings. The summed E-state index contributed by atoms with van der Waals surface area (Å²) in [6.07, 6.45) is 1.36. The average molecular weight is 319 g/mol. The highest BCUT2D eigenvalue weighted by Crippen LogP contribution is 2.23. The number of benzene rings is 1. The van der Waals surface area contributed by atoms with Gasteiger partial charge in [-0.1, -0.05) is 0 Å². The molecule has 23 heavy (non-hydrogen) atoms. The van der Waals surface area contributed by atoms with Crippen LogP contribution in [0.25, 0.3) is 10.9 Å². The molecule has 0 spiro atoms. The van der Waals surface area contributed by atoms with Crippen LogP contribution in [0.2, 0.25) is 0 Å². The molecule has 1 saturated heterocycles. The van der Waals surface area contributed by atoms with Gasteiger partial charge in [-0.25, -0.2) is 14.2 Å². The summed E-state index contributed by atoms with van der Waals surface area (Å²) in [5, 5.41) is 19.0. The van der Waals surface area contributed by atoms with Crippen molar-refractivity contribution in [2.45, 2.75) is 32.2 Å². The molecule has 2 aromatic rings. The normalized spacial score (nSPS) is 18.2. The molecule has 1 aliphatic rings. The summed E-state index contributed by atoms with van der Waals surface area (Å²) in [6, 6.07) is 5.98. The van der Waals surface area contributed by atoms with Gasteiger partial charge in [-0.3, -0.25) is 0 Å². The third kappa shape index (κ3) is 3.20. The second-order valence-corrected chi connectivity index (χ2v) is 5.44. The molecule has 7 nitrogen and oxygen atoms in total. The van der Waals surface area contributed by atoms with Crippen LogP contribution in [0.3, 0.4) is 0 Å². The van der Waals surface area contributed by atoms with Crippen LogP contribution in [0, 0.1) is 0 Å². The highest BCUT2D eigenvalue weighted by Gasteiger charge is 2.19. The fourth-order valence-electron chi connectivity index (χ4n) is 2.76. The number of carboxylic acids is 1. The number of aromatic carboxylic acids is 1. The Bertz CT molecular complexity index is 744. The Balaban J connectivity index is 1.89. The molecule has 1 atom stereocenters. The van der Waals surface area contributed by atoms with Gasteiger partial charge in [0.1, 0.15) is 0 Å². The molecular formula is C16H17NO6. The van der Waals surface area contributed by atoms with E-state index in [9.17, 15) is 14.7 Å². The van der Waals surface area contributed by atoms with E-state index in [4.69, 9.17) is 14.6 Å². The first-order valence-corrected chi connectivity index (χ1v) is 7.40. The minimum Gasteiger partial charge on any atom is -0.478 e. The van der Waals surface area contributed by atoms with E-state index in [-0.39, 0.29) is 18.5 Å². The monoisotopic (exact) mass is 319 g/mol. The van der Waals surface area contributed by atoms with E-state index >= 15 is 0 Å². The van der Waals surface area contributed by atoms with Gasteiger partial charge in [-0.05, 0) is 43.5 Å². The first-order chi connectivity index (χ1) is 11.1. The summed E-state index contributed by atoms with van der Waals surface area (Å²) in [7, 11) is 0. The largest absolute Gasteiger partial charge is 0.478 e. The number of aromatic nitrogens is 1. The SMILES string of the molecule is O=C(O)c1ccc2c(c1)cc(COC1CCCCO1)n2C(=O)O. The third-order valence-electron chi connectivity index (χ3n) is 3.87. The second-order valence-electron chi connectivity index (χ2n) is 5.44. The number of nitrogens with zero attached hydrogens (tertiary/aromatic N) is 1. The van der Waals surface area contributed by atoms with Gasteiger partial charge in [0, 0.05) is 12.0 Å². The van der Waals surface area contributed by atoms with Crippen LogP contribution in [-0.4, -0.2) is 39.7 Å². The maximum Gasteiger partial charge on any atom is 0.416 e. The summed E-state index contributed by atoms with van der Waals surface area (Å²) < 4.78 is 12.2. The van der Waals surface area contributed by atoms with Crippen molar-refractivity contribution in [2.24, 2.45) is 0 Å². The molecule has 0 aliphatic carbocycles. The number of carbonyl (C=O) groups is 2. The molecule has 0 amide bonds. The molecule has 122 valence electrons. The number of rotatable bonds is 4. The maximum atomic E-state index is 11.5. The van der Waals surface area contributed by atoms with Crippen LogP contribution in [0.15, 0.2) is 24.3 Å². The molecule has 7 heteroatoms. The molecule has 2 heterocycles. The highest BCUT2D eigenvalue weighted by molar-refractivity contribution is 5.96. The number of hydrogen-bond donors (Lipinski definition) is 2. The molecule has 1 aromatic carbocycles. The standard InChI is InChI=1S/C16H17NO6/c18-15(19)10-4-5-13-11(7-10)8-12(17(13)16(20)21)9-23-14-3-1-2-6-22-14/h4-5,7-8,14H,1-3,6,9H2,(H,18,19)(H,20,21). The summed E-state index contributed by atoms with van der Waals surface area (Å²) in [6.45, 7) is 0.739. The Hall–Kier alpha value is -2.38. The first-order valence-electron chi connectivity index (χ1n) is 7.40. The minimum absolute atomic E-state index is 0.0913. The molecule has 1 aromatic heterocycles. The molecule has 1 unspecified atom stereocenters. The molecule has 2 N–H and O–H groups in total.